The Bertz CT molecular complexity index is 1290. The summed E-state index contributed by atoms with van der Waals surface area (Å²) in [6, 6.07) is 11.4. The number of carbonyl (C=O) groups is 2. The predicted molar refractivity (Wildman–Crippen MR) is 144 cm³/mol. The highest BCUT2D eigenvalue weighted by molar-refractivity contribution is 6.03. The van der Waals surface area contributed by atoms with Gasteiger partial charge in [-0.1, -0.05) is 6.07 Å². The lowest BCUT2D eigenvalue weighted by Gasteiger charge is -2.33. The van der Waals surface area contributed by atoms with Crippen LogP contribution in [0.3, 0.4) is 0 Å². The smallest absolute Gasteiger partial charge is 0.410 e. The molecule has 0 spiro atoms. The molecule has 5 rings (SSSR count). The zero-order valence-corrected chi connectivity index (χ0v) is 22.0. The van der Waals surface area contributed by atoms with E-state index in [-0.39, 0.29) is 18.0 Å². The van der Waals surface area contributed by atoms with Gasteiger partial charge in [0.05, 0.1) is 13.2 Å². The lowest BCUT2D eigenvalue weighted by atomic mass is 10.1. The van der Waals surface area contributed by atoms with Crippen molar-refractivity contribution in [3.8, 4) is 0 Å². The van der Waals surface area contributed by atoms with Crippen LogP contribution in [0.15, 0.2) is 40.8 Å². The number of likely N-dealkylation sites (tertiary alicyclic amines) is 1. The molecule has 38 heavy (non-hydrogen) atoms. The highest BCUT2D eigenvalue weighted by Gasteiger charge is 2.27. The van der Waals surface area contributed by atoms with Crippen LogP contribution < -0.4 is 15.5 Å². The standard InChI is InChI=1S/C27H34N6O5/c1-27(2,3)38-26(35)33-11-9-18(10-12-33)28-23-6-4-5-21(30-23)24(34)29-19-7-8-20-22(17-19)37-25(31-20)32-13-15-36-16-14-32/h4-8,17-18H,9-16H2,1-3H3,(H,28,30)(H,29,34). The molecule has 11 nitrogen and oxygen atoms in total. The van der Waals surface area contributed by atoms with Crippen LogP contribution in [-0.4, -0.2) is 77.9 Å². The molecule has 0 aliphatic carbocycles. The Morgan fingerprint density at radius 2 is 1.79 bits per heavy atom. The van der Waals surface area contributed by atoms with Gasteiger partial charge in [0.2, 0.25) is 0 Å². The zero-order chi connectivity index (χ0) is 26.7. The molecule has 0 radical (unpaired) electrons. The largest absolute Gasteiger partial charge is 0.444 e. The van der Waals surface area contributed by atoms with E-state index in [0.717, 1.165) is 31.4 Å². The summed E-state index contributed by atoms with van der Waals surface area (Å²) in [7, 11) is 0. The molecule has 1 aromatic carbocycles. The van der Waals surface area contributed by atoms with Crippen molar-refractivity contribution in [1.82, 2.24) is 14.9 Å². The molecule has 11 heteroatoms. The van der Waals surface area contributed by atoms with E-state index in [9.17, 15) is 9.59 Å². The first kappa shape index (κ1) is 25.8. The minimum Gasteiger partial charge on any atom is -0.444 e. The average molecular weight is 523 g/mol. The number of anilines is 3. The number of pyridine rings is 1. The van der Waals surface area contributed by atoms with Crippen molar-refractivity contribution in [3.05, 3.63) is 42.1 Å². The Labute approximate surface area is 221 Å². The fourth-order valence-corrected chi connectivity index (χ4v) is 4.46. The highest BCUT2D eigenvalue weighted by atomic mass is 16.6. The molecule has 3 aromatic rings. The molecule has 2 amide bonds. The van der Waals surface area contributed by atoms with Gasteiger partial charge in [0.1, 0.15) is 22.6 Å². The van der Waals surface area contributed by atoms with Gasteiger partial charge < -0.3 is 34.3 Å². The number of benzene rings is 1. The second-order valence-electron chi connectivity index (χ2n) is 10.5. The van der Waals surface area contributed by atoms with Gasteiger partial charge in [-0.25, -0.2) is 9.78 Å². The molecule has 202 valence electrons. The predicted octanol–water partition coefficient (Wildman–Crippen LogP) is 4.12. The summed E-state index contributed by atoms with van der Waals surface area (Å²) < 4.78 is 16.8. The van der Waals surface area contributed by atoms with Crippen LogP contribution in [0.5, 0.6) is 0 Å². The summed E-state index contributed by atoms with van der Waals surface area (Å²) >= 11 is 0. The van der Waals surface area contributed by atoms with Crippen LogP contribution in [-0.2, 0) is 9.47 Å². The number of rotatable bonds is 5. The Morgan fingerprint density at radius 1 is 1.03 bits per heavy atom. The number of morpholine rings is 1. The minimum atomic E-state index is -0.510. The lowest BCUT2D eigenvalue weighted by molar-refractivity contribution is 0.0210. The molecule has 2 aliphatic heterocycles. The first-order valence-electron chi connectivity index (χ1n) is 13.0. The maximum atomic E-state index is 13.0. The van der Waals surface area contributed by atoms with Gasteiger partial charge in [0, 0.05) is 44.0 Å². The Balaban J connectivity index is 1.17. The molecular formula is C27H34N6O5. The average Bonchev–Trinajstić information content (AvgIpc) is 3.32. The number of hydrogen-bond donors (Lipinski definition) is 2. The Kier molecular flexibility index (Phi) is 7.37. The third-order valence-corrected chi connectivity index (χ3v) is 6.40. The summed E-state index contributed by atoms with van der Waals surface area (Å²) in [5.41, 5.74) is 1.72. The quantitative estimate of drug-likeness (QED) is 0.509. The zero-order valence-electron chi connectivity index (χ0n) is 22.0. The molecule has 2 aromatic heterocycles. The molecule has 2 saturated heterocycles. The van der Waals surface area contributed by atoms with E-state index in [1.54, 1.807) is 29.2 Å². The summed E-state index contributed by atoms with van der Waals surface area (Å²) in [6.45, 7) is 9.55. The number of ether oxygens (including phenoxy) is 2. The van der Waals surface area contributed by atoms with Crippen molar-refractivity contribution in [1.29, 1.82) is 0 Å². The monoisotopic (exact) mass is 522 g/mol. The van der Waals surface area contributed by atoms with Crippen molar-refractivity contribution in [2.45, 2.75) is 45.3 Å². The number of oxazole rings is 1. The normalized spacial score (nSPS) is 16.9. The van der Waals surface area contributed by atoms with Gasteiger partial charge in [-0.3, -0.25) is 4.79 Å². The van der Waals surface area contributed by atoms with Gasteiger partial charge in [0.15, 0.2) is 5.58 Å². The van der Waals surface area contributed by atoms with Gasteiger partial charge in [-0.15, -0.1) is 0 Å². The fraction of sp³-hybridized carbons (Fsp3) is 0.481. The van der Waals surface area contributed by atoms with Crippen LogP contribution >= 0.6 is 0 Å². The molecular weight excluding hydrogens is 488 g/mol. The topological polar surface area (TPSA) is 122 Å². The number of nitrogens with zero attached hydrogens (tertiary/aromatic N) is 4. The van der Waals surface area contributed by atoms with Gasteiger partial charge >= 0.3 is 6.09 Å². The van der Waals surface area contributed by atoms with Crippen molar-refractivity contribution in [3.63, 3.8) is 0 Å². The fourth-order valence-electron chi connectivity index (χ4n) is 4.46. The maximum absolute atomic E-state index is 13.0. The third kappa shape index (κ3) is 6.34. The molecule has 2 N–H and O–H groups in total. The van der Waals surface area contributed by atoms with Crippen molar-refractivity contribution >= 4 is 40.6 Å². The number of aromatic nitrogens is 2. The number of carbonyl (C=O) groups excluding carboxylic acids is 2. The molecule has 0 saturated carbocycles. The second kappa shape index (κ2) is 10.9. The van der Waals surface area contributed by atoms with E-state index < -0.39 is 5.60 Å². The summed E-state index contributed by atoms with van der Waals surface area (Å²) in [4.78, 5) is 38.1. The molecule has 0 bridgehead atoms. The number of nitrogens with one attached hydrogen (secondary N) is 2. The second-order valence-corrected chi connectivity index (χ2v) is 10.5. The van der Waals surface area contributed by atoms with E-state index in [0.29, 0.717) is 55.1 Å². The van der Waals surface area contributed by atoms with Gasteiger partial charge in [0.25, 0.3) is 11.9 Å². The molecule has 2 fully saturated rings. The summed E-state index contributed by atoms with van der Waals surface area (Å²) in [5.74, 6) is 0.301. The Hall–Kier alpha value is -3.86. The van der Waals surface area contributed by atoms with Crippen LogP contribution in [0, 0.1) is 0 Å². The molecule has 4 heterocycles. The van der Waals surface area contributed by atoms with E-state index >= 15 is 0 Å². The first-order chi connectivity index (χ1) is 18.2. The first-order valence-corrected chi connectivity index (χ1v) is 13.0. The van der Waals surface area contributed by atoms with Crippen molar-refractivity contribution in [2.24, 2.45) is 0 Å². The summed E-state index contributed by atoms with van der Waals surface area (Å²) in [5, 5.41) is 6.30. The van der Waals surface area contributed by atoms with E-state index in [1.807, 2.05) is 37.8 Å². The van der Waals surface area contributed by atoms with Crippen LogP contribution in [0.4, 0.5) is 22.3 Å². The number of amides is 2. The maximum Gasteiger partial charge on any atom is 0.410 e. The lowest BCUT2D eigenvalue weighted by Crippen LogP contribution is -2.44. The SMILES string of the molecule is CC(C)(C)OC(=O)N1CCC(Nc2cccc(C(=O)Nc3ccc4nc(N5CCOCC5)oc4c3)n2)CC1. The van der Waals surface area contributed by atoms with Gasteiger partial charge in [-0.05, 0) is 57.9 Å². The highest BCUT2D eigenvalue weighted by Crippen LogP contribution is 2.26. The molecule has 0 atom stereocenters. The van der Waals surface area contributed by atoms with Crippen LogP contribution in [0.1, 0.15) is 44.1 Å². The number of hydrogen-bond acceptors (Lipinski definition) is 9. The molecule has 0 unspecified atom stereocenters. The summed E-state index contributed by atoms with van der Waals surface area (Å²) in [6.07, 6.45) is 1.25. The van der Waals surface area contributed by atoms with Crippen molar-refractivity contribution < 1.29 is 23.5 Å². The van der Waals surface area contributed by atoms with Crippen LogP contribution in [0.25, 0.3) is 11.1 Å². The molecule has 2 aliphatic rings. The van der Waals surface area contributed by atoms with E-state index in [2.05, 4.69) is 20.6 Å². The number of fused-ring (bicyclic) bond motifs is 1. The third-order valence-electron chi connectivity index (χ3n) is 6.40. The van der Waals surface area contributed by atoms with Crippen molar-refractivity contribution in [2.75, 3.05) is 54.9 Å². The Morgan fingerprint density at radius 3 is 2.53 bits per heavy atom. The van der Waals surface area contributed by atoms with Crippen LogP contribution in [0.2, 0.25) is 0 Å². The van der Waals surface area contributed by atoms with E-state index in [4.69, 9.17) is 13.9 Å². The number of piperidine rings is 1. The van der Waals surface area contributed by atoms with Gasteiger partial charge in [-0.2, -0.15) is 4.98 Å². The van der Waals surface area contributed by atoms with E-state index in [1.165, 1.54) is 0 Å². The minimum absolute atomic E-state index is 0.147.